The lowest BCUT2D eigenvalue weighted by molar-refractivity contribution is 0.0202. The number of para-hydroxylation sites is 2. The number of hydrogen-bond acceptors (Lipinski definition) is 3. The molecule has 2 aromatic carbocycles. The molecular formula is C24H23N3OS. The largest absolute Gasteiger partial charge is 0.471 e. The number of nitrogens with one attached hydrogen (secondary N) is 1. The third-order valence-electron chi connectivity index (χ3n) is 6.46. The number of hydrogen-bond donors (Lipinski definition) is 1. The molecule has 5 heteroatoms. The summed E-state index contributed by atoms with van der Waals surface area (Å²) < 4.78 is 8.66. The lowest BCUT2D eigenvalue weighted by atomic mass is 9.72. The smallest absolute Gasteiger partial charge is 0.221 e. The molecule has 0 fully saturated rings. The highest BCUT2D eigenvalue weighted by molar-refractivity contribution is 7.99. The summed E-state index contributed by atoms with van der Waals surface area (Å²) in [5.41, 5.74) is 5.68. The van der Waals surface area contributed by atoms with Crippen molar-refractivity contribution in [3.8, 4) is 11.6 Å². The molecule has 2 aromatic heterocycles. The van der Waals surface area contributed by atoms with Crippen molar-refractivity contribution in [2.75, 3.05) is 5.75 Å². The van der Waals surface area contributed by atoms with Crippen molar-refractivity contribution in [2.45, 2.75) is 37.3 Å². The fraction of sp³-hybridized carbons (Fsp3) is 0.292. The van der Waals surface area contributed by atoms with Crippen molar-refractivity contribution in [2.24, 2.45) is 5.92 Å². The molecule has 1 N–H and O–H groups in total. The first-order valence-corrected chi connectivity index (χ1v) is 11.1. The number of rotatable bonds is 1. The van der Waals surface area contributed by atoms with Gasteiger partial charge < -0.3 is 9.72 Å². The summed E-state index contributed by atoms with van der Waals surface area (Å²) in [6.45, 7) is 6.57. The zero-order valence-corrected chi connectivity index (χ0v) is 17.6. The summed E-state index contributed by atoms with van der Waals surface area (Å²) in [6.07, 6.45) is 0. The maximum absolute atomic E-state index is 6.68. The Hall–Kier alpha value is -2.66. The molecule has 2 atom stereocenters. The highest BCUT2D eigenvalue weighted by Crippen LogP contribution is 2.57. The number of aryl methyl sites for hydroxylation is 1. The zero-order chi connectivity index (χ0) is 19.8. The molecule has 0 saturated carbocycles. The fourth-order valence-electron chi connectivity index (χ4n) is 5.02. The first-order chi connectivity index (χ1) is 14.0. The molecule has 0 aliphatic carbocycles. The van der Waals surface area contributed by atoms with Gasteiger partial charge in [-0.1, -0.05) is 36.4 Å². The maximum atomic E-state index is 6.68. The second-order valence-electron chi connectivity index (χ2n) is 8.57. The number of aromatic nitrogens is 3. The summed E-state index contributed by atoms with van der Waals surface area (Å²) in [5, 5.41) is 7.55. The summed E-state index contributed by atoms with van der Waals surface area (Å²) in [7, 11) is 0. The van der Waals surface area contributed by atoms with E-state index in [1.807, 2.05) is 34.6 Å². The van der Waals surface area contributed by atoms with E-state index in [9.17, 15) is 0 Å². The Kier molecular flexibility index (Phi) is 3.52. The fourth-order valence-corrected chi connectivity index (χ4v) is 6.54. The van der Waals surface area contributed by atoms with E-state index in [0.29, 0.717) is 5.92 Å². The molecule has 4 heterocycles. The van der Waals surface area contributed by atoms with E-state index >= 15 is 0 Å². The van der Waals surface area contributed by atoms with E-state index in [0.717, 1.165) is 23.0 Å². The van der Waals surface area contributed by atoms with Crippen molar-refractivity contribution in [1.29, 1.82) is 0 Å². The molecule has 146 valence electrons. The Morgan fingerprint density at radius 1 is 1.07 bits per heavy atom. The van der Waals surface area contributed by atoms with Crippen LogP contribution in [0.3, 0.4) is 0 Å². The van der Waals surface area contributed by atoms with Crippen LogP contribution in [0.1, 0.15) is 36.6 Å². The van der Waals surface area contributed by atoms with Crippen LogP contribution in [0.25, 0.3) is 16.6 Å². The average Bonchev–Trinajstić information content (AvgIpc) is 3.25. The SMILES string of the molecule is Cc1nn(-c2ccccc2)c2c1C1c3c([nH]c4ccccc34)SCC1C(C)(C)O2. The van der Waals surface area contributed by atoms with Crippen molar-refractivity contribution < 1.29 is 4.74 Å². The predicted molar refractivity (Wildman–Crippen MR) is 117 cm³/mol. The predicted octanol–water partition coefficient (Wildman–Crippen LogP) is 5.69. The Balaban J connectivity index is 1.65. The van der Waals surface area contributed by atoms with E-state index in [1.165, 1.54) is 27.1 Å². The molecule has 2 aliphatic heterocycles. The molecule has 0 saturated heterocycles. The van der Waals surface area contributed by atoms with Crippen LogP contribution in [0.15, 0.2) is 59.6 Å². The molecule has 4 nitrogen and oxygen atoms in total. The van der Waals surface area contributed by atoms with Crippen molar-refractivity contribution in [3.05, 3.63) is 71.4 Å². The third kappa shape index (κ3) is 2.37. The van der Waals surface area contributed by atoms with Gasteiger partial charge in [0.25, 0.3) is 0 Å². The van der Waals surface area contributed by atoms with Gasteiger partial charge in [-0.2, -0.15) is 5.10 Å². The standard InChI is InChI=1S/C24H23N3OS/c1-14-19-21-17(13-29-22-20(21)16-11-7-8-12-18(16)25-22)24(2,3)28-23(19)27(26-14)15-9-5-4-6-10-15/h4-12,17,21,25H,13H2,1-3H3. The molecule has 0 amide bonds. The van der Waals surface area contributed by atoms with Crippen LogP contribution in [0, 0.1) is 12.8 Å². The number of fused-ring (bicyclic) bond motifs is 7. The molecule has 2 aliphatic rings. The Bertz CT molecular complexity index is 1240. The number of H-pyrrole nitrogens is 1. The zero-order valence-electron chi connectivity index (χ0n) is 16.8. The van der Waals surface area contributed by atoms with Crippen LogP contribution in [0.4, 0.5) is 0 Å². The minimum atomic E-state index is -0.278. The van der Waals surface area contributed by atoms with Crippen LogP contribution in [0.2, 0.25) is 0 Å². The molecule has 6 rings (SSSR count). The van der Waals surface area contributed by atoms with Gasteiger partial charge in [0.1, 0.15) is 5.60 Å². The number of thioether (sulfide) groups is 1. The van der Waals surface area contributed by atoms with Crippen molar-refractivity contribution in [1.82, 2.24) is 14.8 Å². The highest BCUT2D eigenvalue weighted by atomic mass is 32.2. The quantitative estimate of drug-likeness (QED) is 0.446. The van der Waals surface area contributed by atoms with E-state index in [4.69, 9.17) is 9.84 Å². The summed E-state index contributed by atoms with van der Waals surface area (Å²) >= 11 is 1.92. The van der Waals surface area contributed by atoms with Gasteiger partial charge in [0.2, 0.25) is 5.88 Å². The Morgan fingerprint density at radius 3 is 2.66 bits per heavy atom. The van der Waals surface area contributed by atoms with E-state index in [-0.39, 0.29) is 11.5 Å². The first kappa shape index (κ1) is 17.2. The number of benzene rings is 2. The molecule has 2 unspecified atom stereocenters. The summed E-state index contributed by atoms with van der Waals surface area (Å²) in [5.74, 6) is 2.59. The van der Waals surface area contributed by atoms with Gasteiger partial charge >= 0.3 is 0 Å². The monoisotopic (exact) mass is 401 g/mol. The van der Waals surface area contributed by atoms with E-state index in [2.05, 4.69) is 62.2 Å². The third-order valence-corrected chi connectivity index (χ3v) is 7.59. The van der Waals surface area contributed by atoms with Crippen molar-refractivity contribution in [3.63, 3.8) is 0 Å². The molecule has 0 bridgehead atoms. The van der Waals surface area contributed by atoms with Gasteiger partial charge in [0.05, 0.1) is 16.4 Å². The van der Waals surface area contributed by atoms with Crippen molar-refractivity contribution >= 4 is 22.7 Å². The maximum Gasteiger partial charge on any atom is 0.221 e. The second-order valence-corrected chi connectivity index (χ2v) is 9.60. The highest BCUT2D eigenvalue weighted by Gasteiger charge is 2.50. The minimum absolute atomic E-state index is 0.276. The van der Waals surface area contributed by atoms with Gasteiger partial charge in [-0.25, -0.2) is 4.68 Å². The number of ether oxygens (including phenoxy) is 1. The molecule has 4 aromatic rings. The van der Waals surface area contributed by atoms with E-state index in [1.54, 1.807) is 0 Å². The Labute approximate surface area is 174 Å². The Morgan fingerprint density at radius 2 is 1.83 bits per heavy atom. The molecule has 0 radical (unpaired) electrons. The normalized spacial score (nSPS) is 21.9. The van der Waals surface area contributed by atoms with Gasteiger partial charge in [-0.05, 0) is 44.5 Å². The van der Waals surface area contributed by atoms with Gasteiger partial charge in [-0.15, -0.1) is 11.8 Å². The van der Waals surface area contributed by atoms with Gasteiger partial charge in [-0.3, -0.25) is 0 Å². The first-order valence-electron chi connectivity index (χ1n) is 10.1. The second kappa shape index (κ2) is 5.92. The number of aromatic amines is 1. The topological polar surface area (TPSA) is 42.8 Å². The minimum Gasteiger partial charge on any atom is -0.471 e. The lowest BCUT2D eigenvalue weighted by Gasteiger charge is -2.46. The van der Waals surface area contributed by atoms with E-state index < -0.39 is 0 Å². The lowest BCUT2D eigenvalue weighted by Crippen LogP contribution is -2.47. The van der Waals surface area contributed by atoms with Gasteiger partial charge in [0.15, 0.2) is 0 Å². The van der Waals surface area contributed by atoms with Crippen LogP contribution in [-0.4, -0.2) is 26.1 Å². The molecule has 0 spiro atoms. The molecule has 29 heavy (non-hydrogen) atoms. The van der Waals surface area contributed by atoms with Crippen LogP contribution in [0.5, 0.6) is 5.88 Å². The molecular weight excluding hydrogens is 378 g/mol. The van der Waals surface area contributed by atoms with Crippen LogP contribution >= 0.6 is 11.8 Å². The van der Waals surface area contributed by atoms with Crippen LogP contribution in [-0.2, 0) is 0 Å². The summed E-state index contributed by atoms with van der Waals surface area (Å²) in [4.78, 5) is 3.66. The average molecular weight is 402 g/mol. The van der Waals surface area contributed by atoms with Crippen LogP contribution < -0.4 is 4.74 Å². The van der Waals surface area contributed by atoms with Gasteiger partial charge in [0, 0.05) is 34.1 Å². The summed E-state index contributed by atoms with van der Waals surface area (Å²) in [6, 6.07) is 19.0. The number of nitrogens with zero attached hydrogens (tertiary/aromatic N) is 2.